The van der Waals surface area contributed by atoms with Crippen molar-refractivity contribution in [1.29, 1.82) is 0 Å². The lowest BCUT2D eigenvalue weighted by Gasteiger charge is -2.06. The van der Waals surface area contributed by atoms with E-state index in [0.29, 0.717) is 5.88 Å². The Morgan fingerprint density at radius 3 is 2.91 bits per heavy atom. The molecule has 0 atom stereocenters. The first kappa shape index (κ1) is 8.64. The lowest BCUT2D eigenvalue weighted by atomic mass is 9.97. The van der Waals surface area contributed by atoms with Gasteiger partial charge in [-0.25, -0.2) is 4.98 Å². The number of ether oxygens (including phenoxy) is 1. The van der Waals surface area contributed by atoms with E-state index in [-0.39, 0.29) is 0 Å². The molecule has 0 aliphatic carbocycles. The van der Waals surface area contributed by atoms with Gasteiger partial charge in [0.1, 0.15) is 7.85 Å². The standard InChI is InChI=1S/C6H8BIN2O/c1-11-6-4(8)5(9)3(7)2-10-6/h2H,7H2,1H3,(H2,9,10). The summed E-state index contributed by atoms with van der Waals surface area (Å²) < 4.78 is 5.86. The van der Waals surface area contributed by atoms with E-state index >= 15 is 0 Å². The molecule has 11 heavy (non-hydrogen) atoms. The summed E-state index contributed by atoms with van der Waals surface area (Å²) in [6.45, 7) is 0. The van der Waals surface area contributed by atoms with Crippen LogP contribution < -0.4 is 15.9 Å². The number of hydrogen-bond acceptors (Lipinski definition) is 3. The number of rotatable bonds is 1. The van der Waals surface area contributed by atoms with E-state index in [1.165, 1.54) is 0 Å². The van der Waals surface area contributed by atoms with Crippen LogP contribution in [0.3, 0.4) is 0 Å². The summed E-state index contributed by atoms with van der Waals surface area (Å²) in [6, 6.07) is 0. The van der Waals surface area contributed by atoms with Crippen LogP contribution in [0.25, 0.3) is 0 Å². The third kappa shape index (κ3) is 1.58. The lowest BCUT2D eigenvalue weighted by molar-refractivity contribution is 0.395. The van der Waals surface area contributed by atoms with Crippen molar-refractivity contribution in [2.45, 2.75) is 0 Å². The normalized spacial score (nSPS) is 9.64. The second kappa shape index (κ2) is 3.29. The van der Waals surface area contributed by atoms with Gasteiger partial charge >= 0.3 is 0 Å². The molecular formula is C6H8BIN2O. The Bertz CT molecular complexity index is 280. The molecule has 0 aliphatic rings. The highest BCUT2D eigenvalue weighted by atomic mass is 127. The molecule has 0 radical (unpaired) electrons. The summed E-state index contributed by atoms with van der Waals surface area (Å²) in [6.07, 6.45) is 1.70. The number of aromatic nitrogens is 1. The van der Waals surface area contributed by atoms with E-state index < -0.39 is 0 Å². The van der Waals surface area contributed by atoms with E-state index in [2.05, 4.69) is 27.6 Å². The fourth-order valence-corrected chi connectivity index (χ4v) is 1.50. The summed E-state index contributed by atoms with van der Waals surface area (Å²) in [7, 11) is 3.50. The molecule has 5 heteroatoms. The molecule has 0 unspecified atom stereocenters. The molecule has 1 heterocycles. The number of nitrogens with two attached hydrogens (primary N) is 1. The third-order valence-corrected chi connectivity index (χ3v) is 2.46. The van der Waals surface area contributed by atoms with E-state index in [9.17, 15) is 0 Å². The molecule has 3 nitrogen and oxygen atoms in total. The van der Waals surface area contributed by atoms with Crippen molar-refractivity contribution in [2.24, 2.45) is 0 Å². The summed E-state index contributed by atoms with van der Waals surface area (Å²) in [5.74, 6) is 0.591. The minimum absolute atomic E-state index is 0.591. The Labute approximate surface area is 79.9 Å². The van der Waals surface area contributed by atoms with Crippen molar-refractivity contribution < 1.29 is 4.74 Å². The quantitative estimate of drug-likeness (QED) is 0.550. The van der Waals surface area contributed by atoms with Crippen LogP contribution in [0.4, 0.5) is 5.69 Å². The fourth-order valence-electron chi connectivity index (χ4n) is 0.712. The highest BCUT2D eigenvalue weighted by Crippen LogP contribution is 2.20. The Morgan fingerprint density at radius 2 is 2.36 bits per heavy atom. The van der Waals surface area contributed by atoms with Crippen LogP contribution in [0, 0.1) is 3.57 Å². The van der Waals surface area contributed by atoms with Gasteiger partial charge in [0.15, 0.2) is 0 Å². The predicted molar refractivity (Wildman–Crippen MR) is 56.1 cm³/mol. The number of nitrogen functional groups attached to an aromatic ring is 1. The van der Waals surface area contributed by atoms with Crippen LogP contribution in [0.15, 0.2) is 6.20 Å². The molecule has 1 aromatic heterocycles. The van der Waals surface area contributed by atoms with Gasteiger partial charge in [0.05, 0.1) is 10.7 Å². The van der Waals surface area contributed by atoms with Gasteiger partial charge in [0.25, 0.3) is 0 Å². The van der Waals surface area contributed by atoms with Gasteiger partial charge in [-0.15, -0.1) is 0 Å². The maximum atomic E-state index is 5.73. The first-order valence-corrected chi connectivity index (χ1v) is 4.19. The monoisotopic (exact) mass is 262 g/mol. The molecule has 2 N–H and O–H groups in total. The number of hydrogen-bond donors (Lipinski definition) is 1. The van der Waals surface area contributed by atoms with Crippen molar-refractivity contribution in [3.8, 4) is 5.88 Å². The van der Waals surface area contributed by atoms with Gasteiger partial charge in [0, 0.05) is 11.9 Å². The van der Waals surface area contributed by atoms with E-state index in [1.807, 2.05) is 7.85 Å². The first-order chi connectivity index (χ1) is 5.16. The maximum Gasteiger partial charge on any atom is 0.228 e. The lowest BCUT2D eigenvalue weighted by Crippen LogP contribution is -2.13. The van der Waals surface area contributed by atoms with Gasteiger partial charge in [-0.1, -0.05) is 0 Å². The largest absolute Gasteiger partial charge is 0.480 e. The first-order valence-electron chi connectivity index (χ1n) is 3.11. The smallest absolute Gasteiger partial charge is 0.228 e. The van der Waals surface area contributed by atoms with E-state index in [0.717, 1.165) is 14.7 Å². The van der Waals surface area contributed by atoms with Gasteiger partial charge < -0.3 is 10.5 Å². The highest BCUT2D eigenvalue weighted by molar-refractivity contribution is 14.1. The molecule has 1 aromatic rings. The zero-order chi connectivity index (χ0) is 8.43. The highest BCUT2D eigenvalue weighted by Gasteiger charge is 2.06. The second-order valence-electron chi connectivity index (χ2n) is 2.18. The van der Waals surface area contributed by atoms with Crippen LogP contribution in [0.5, 0.6) is 5.88 Å². The minimum Gasteiger partial charge on any atom is -0.480 e. The van der Waals surface area contributed by atoms with Crippen LogP contribution in [0.2, 0.25) is 0 Å². The molecular weight excluding hydrogens is 254 g/mol. The molecule has 0 bridgehead atoms. The van der Waals surface area contributed by atoms with Crippen molar-refractivity contribution in [1.82, 2.24) is 4.98 Å². The molecule has 0 saturated carbocycles. The SMILES string of the molecule is Bc1cnc(OC)c(I)c1N. The second-order valence-corrected chi connectivity index (χ2v) is 3.26. The van der Waals surface area contributed by atoms with Crippen molar-refractivity contribution >= 4 is 41.6 Å². The number of anilines is 1. The van der Waals surface area contributed by atoms with Crippen LogP contribution in [0.1, 0.15) is 0 Å². The molecule has 0 aliphatic heterocycles. The van der Waals surface area contributed by atoms with Crippen LogP contribution in [-0.2, 0) is 0 Å². The molecule has 58 valence electrons. The average molecular weight is 262 g/mol. The molecule has 0 spiro atoms. The molecule has 0 amide bonds. The summed E-state index contributed by atoms with van der Waals surface area (Å²) in [4.78, 5) is 4.05. The van der Waals surface area contributed by atoms with Crippen LogP contribution >= 0.6 is 22.6 Å². The van der Waals surface area contributed by atoms with Crippen LogP contribution in [-0.4, -0.2) is 19.9 Å². The third-order valence-electron chi connectivity index (χ3n) is 1.42. The number of nitrogens with zero attached hydrogens (tertiary/aromatic N) is 1. The number of methoxy groups -OCH3 is 1. The summed E-state index contributed by atoms with van der Waals surface area (Å²) in [5.41, 5.74) is 7.46. The van der Waals surface area contributed by atoms with E-state index in [4.69, 9.17) is 10.5 Å². The predicted octanol–water partition coefficient (Wildman–Crippen LogP) is -0.465. The topological polar surface area (TPSA) is 48.1 Å². The Balaban J connectivity index is 3.25. The Hall–Kier alpha value is -0.455. The van der Waals surface area contributed by atoms with E-state index in [1.54, 1.807) is 13.3 Å². The molecule has 0 saturated heterocycles. The number of pyridine rings is 1. The maximum absolute atomic E-state index is 5.73. The van der Waals surface area contributed by atoms with Gasteiger partial charge in [0.2, 0.25) is 5.88 Å². The van der Waals surface area contributed by atoms with Gasteiger partial charge in [-0.2, -0.15) is 0 Å². The zero-order valence-electron chi connectivity index (χ0n) is 6.39. The molecule has 1 rings (SSSR count). The van der Waals surface area contributed by atoms with Gasteiger partial charge in [-0.3, -0.25) is 0 Å². The van der Waals surface area contributed by atoms with Crippen molar-refractivity contribution in [3.05, 3.63) is 9.77 Å². The number of halogens is 1. The Kier molecular flexibility index (Phi) is 2.59. The summed E-state index contributed by atoms with van der Waals surface area (Å²) >= 11 is 2.12. The molecule has 0 aromatic carbocycles. The van der Waals surface area contributed by atoms with Crippen molar-refractivity contribution in [3.63, 3.8) is 0 Å². The minimum atomic E-state index is 0.591. The average Bonchev–Trinajstić information content (AvgIpc) is 2.01. The van der Waals surface area contributed by atoms with Crippen molar-refractivity contribution in [2.75, 3.05) is 12.8 Å². The van der Waals surface area contributed by atoms with Gasteiger partial charge in [-0.05, 0) is 28.1 Å². The fraction of sp³-hybridized carbons (Fsp3) is 0.167. The summed E-state index contributed by atoms with van der Waals surface area (Å²) in [5, 5.41) is 0. The zero-order valence-corrected chi connectivity index (χ0v) is 8.55. The molecule has 0 fully saturated rings. The Morgan fingerprint density at radius 1 is 1.73 bits per heavy atom.